The summed E-state index contributed by atoms with van der Waals surface area (Å²) in [6.07, 6.45) is 1.15. The zero-order chi connectivity index (χ0) is 12.7. The van der Waals surface area contributed by atoms with Crippen LogP contribution in [-0.2, 0) is 14.3 Å². The normalized spacial score (nSPS) is 23.4. The van der Waals surface area contributed by atoms with Gasteiger partial charge in [-0.1, -0.05) is 6.92 Å². The van der Waals surface area contributed by atoms with E-state index in [1.54, 1.807) is 0 Å². The molecule has 0 radical (unpaired) electrons. The molecule has 0 saturated carbocycles. The Morgan fingerprint density at radius 2 is 2.29 bits per heavy atom. The van der Waals surface area contributed by atoms with Gasteiger partial charge in [-0.15, -0.1) is 0 Å². The highest BCUT2D eigenvalue weighted by molar-refractivity contribution is 5.78. The summed E-state index contributed by atoms with van der Waals surface area (Å²) in [4.78, 5) is 11.7. The number of nitrogens with one attached hydrogen (secondary N) is 2. The summed E-state index contributed by atoms with van der Waals surface area (Å²) in [5, 5.41) is 5.93. The van der Waals surface area contributed by atoms with E-state index in [2.05, 4.69) is 10.6 Å². The molecule has 1 aliphatic rings. The molecule has 0 aromatic carbocycles. The van der Waals surface area contributed by atoms with E-state index in [0.717, 1.165) is 13.0 Å². The van der Waals surface area contributed by atoms with Crippen molar-refractivity contribution in [2.75, 3.05) is 33.4 Å². The molecule has 1 heterocycles. The highest BCUT2D eigenvalue weighted by atomic mass is 16.5. The maximum atomic E-state index is 11.7. The van der Waals surface area contributed by atoms with Crippen LogP contribution in [0, 0.1) is 5.92 Å². The van der Waals surface area contributed by atoms with E-state index in [9.17, 15) is 4.79 Å². The van der Waals surface area contributed by atoms with Gasteiger partial charge in [-0.3, -0.25) is 4.79 Å². The lowest BCUT2D eigenvalue weighted by Crippen LogP contribution is -2.42. The second kappa shape index (κ2) is 7.63. The van der Waals surface area contributed by atoms with E-state index >= 15 is 0 Å². The largest absolute Gasteiger partial charge is 0.379 e. The number of ether oxygens (including phenoxy) is 2. The van der Waals surface area contributed by atoms with Gasteiger partial charge in [-0.2, -0.15) is 0 Å². The molecule has 1 fully saturated rings. The minimum Gasteiger partial charge on any atom is -0.379 e. The van der Waals surface area contributed by atoms with Crippen LogP contribution in [0.1, 0.15) is 20.3 Å². The lowest BCUT2D eigenvalue weighted by atomic mass is 10.1. The molecule has 1 aliphatic heterocycles. The SMILES string of the molecule is CNCC(C)C(=O)NC(C)COC1CCOC1. The lowest BCUT2D eigenvalue weighted by molar-refractivity contribution is -0.125. The summed E-state index contributed by atoms with van der Waals surface area (Å²) in [7, 11) is 1.84. The third kappa shape index (κ3) is 5.48. The molecule has 0 bridgehead atoms. The van der Waals surface area contributed by atoms with Crippen LogP contribution in [0.5, 0.6) is 0 Å². The predicted molar refractivity (Wildman–Crippen MR) is 65.9 cm³/mol. The van der Waals surface area contributed by atoms with Gasteiger partial charge < -0.3 is 20.1 Å². The van der Waals surface area contributed by atoms with Gasteiger partial charge >= 0.3 is 0 Å². The van der Waals surface area contributed by atoms with Crippen LogP contribution in [0.15, 0.2) is 0 Å². The molecule has 0 spiro atoms. The van der Waals surface area contributed by atoms with Crippen molar-refractivity contribution in [2.45, 2.75) is 32.4 Å². The Kier molecular flexibility index (Phi) is 6.47. The van der Waals surface area contributed by atoms with Gasteiger partial charge in [0.2, 0.25) is 5.91 Å². The molecule has 5 heteroatoms. The first-order valence-corrected chi connectivity index (χ1v) is 6.27. The second-order valence-electron chi connectivity index (χ2n) is 4.69. The van der Waals surface area contributed by atoms with Crippen LogP contribution in [0.4, 0.5) is 0 Å². The first-order chi connectivity index (χ1) is 8.13. The number of rotatable bonds is 7. The minimum absolute atomic E-state index is 0.0164. The molecule has 0 aromatic rings. The van der Waals surface area contributed by atoms with Gasteiger partial charge in [0.25, 0.3) is 0 Å². The fourth-order valence-corrected chi connectivity index (χ4v) is 1.75. The van der Waals surface area contributed by atoms with Crippen molar-refractivity contribution in [3.63, 3.8) is 0 Å². The van der Waals surface area contributed by atoms with Crippen molar-refractivity contribution in [2.24, 2.45) is 5.92 Å². The Morgan fingerprint density at radius 1 is 1.53 bits per heavy atom. The zero-order valence-electron chi connectivity index (χ0n) is 11.0. The van der Waals surface area contributed by atoms with Crippen molar-refractivity contribution in [3.05, 3.63) is 0 Å². The summed E-state index contributed by atoms with van der Waals surface area (Å²) in [5.74, 6) is 0.0513. The quantitative estimate of drug-likeness (QED) is 0.669. The topological polar surface area (TPSA) is 59.6 Å². The van der Waals surface area contributed by atoms with E-state index in [1.807, 2.05) is 20.9 Å². The van der Waals surface area contributed by atoms with Crippen molar-refractivity contribution in [1.82, 2.24) is 10.6 Å². The monoisotopic (exact) mass is 244 g/mol. The molecular weight excluding hydrogens is 220 g/mol. The van der Waals surface area contributed by atoms with Crippen LogP contribution in [-0.4, -0.2) is 51.5 Å². The van der Waals surface area contributed by atoms with Crippen molar-refractivity contribution in [3.8, 4) is 0 Å². The average Bonchev–Trinajstić information content (AvgIpc) is 2.79. The van der Waals surface area contributed by atoms with E-state index in [-0.39, 0.29) is 24.0 Å². The molecule has 17 heavy (non-hydrogen) atoms. The van der Waals surface area contributed by atoms with E-state index in [4.69, 9.17) is 9.47 Å². The van der Waals surface area contributed by atoms with Crippen molar-refractivity contribution < 1.29 is 14.3 Å². The maximum absolute atomic E-state index is 11.7. The van der Waals surface area contributed by atoms with Gasteiger partial charge in [0, 0.05) is 25.1 Å². The second-order valence-corrected chi connectivity index (χ2v) is 4.69. The molecule has 0 aliphatic carbocycles. The number of hydrogen-bond donors (Lipinski definition) is 2. The van der Waals surface area contributed by atoms with E-state index in [0.29, 0.717) is 19.8 Å². The first kappa shape index (κ1) is 14.4. The maximum Gasteiger partial charge on any atom is 0.224 e. The van der Waals surface area contributed by atoms with Crippen LogP contribution < -0.4 is 10.6 Å². The van der Waals surface area contributed by atoms with E-state index in [1.165, 1.54) is 0 Å². The van der Waals surface area contributed by atoms with Crippen molar-refractivity contribution >= 4 is 5.91 Å². The number of amides is 1. The Morgan fingerprint density at radius 3 is 2.88 bits per heavy atom. The zero-order valence-corrected chi connectivity index (χ0v) is 11.0. The first-order valence-electron chi connectivity index (χ1n) is 6.27. The van der Waals surface area contributed by atoms with Gasteiger partial charge in [-0.05, 0) is 20.4 Å². The molecule has 2 N–H and O–H groups in total. The smallest absolute Gasteiger partial charge is 0.224 e. The van der Waals surface area contributed by atoms with Crippen LogP contribution in [0.2, 0.25) is 0 Å². The van der Waals surface area contributed by atoms with Gasteiger partial charge in [0.1, 0.15) is 0 Å². The molecular formula is C12H24N2O3. The average molecular weight is 244 g/mol. The Balaban J connectivity index is 2.14. The van der Waals surface area contributed by atoms with Gasteiger partial charge in [0.05, 0.1) is 19.3 Å². The fraction of sp³-hybridized carbons (Fsp3) is 0.917. The molecule has 1 rings (SSSR count). The Labute approximate surface area is 103 Å². The lowest BCUT2D eigenvalue weighted by Gasteiger charge is -2.19. The highest BCUT2D eigenvalue weighted by Gasteiger charge is 2.18. The van der Waals surface area contributed by atoms with Crippen LogP contribution in [0.25, 0.3) is 0 Å². The molecule has 100 valence electrons. The molecule has 1 amide bonds. The highest BCUT2D eigenvalue weighted by Crippen LogP contribution is 2.08. The summed E-state index contributed by atoms with van der Waals surface area (Å²) in [6.45, 7) is 6.56. The molecule has 0 aromatic heterocycles. The Bertz CT molecular complexity index is 230. The summed E-state index contributed by atoms with van der Waals surface area (Å²) in [6, 6.07) is 0.0439. The molecule has 3 atom stereocenters. The van der Waals surface area contributed by atoms with Crippen LogP contribution in [0.3, 0.4) is 0 Å². The molecule has 3 unspecified atom stereocenters. The minimum atomic E-state index is -0.0164. The van der Waals surface area contributed by atoms with E-state index < -0.39 is 0 Å². The number of carbonyl (C=O) groups excluding carboxylic acids is 1. The molecule has 1 saturated heterocycles. The van der Waals surface area contributed by atoms with Crippen LogP contribution >= 0.6 is 0 Å². The molecule has 5 nitrogen and oxygen atoms in total. The third-order valence-electron chi connectivity index (χ3n) is 2.82. The third-order valence-corrected chi connectivity index (χ3v) is 2.82. The standard InChI is InChI=1S/C12H24N2O3/c1-9(6-13-3)12(15)14-10(2)7-17-11-4-5-16-8-11/h9-11,13H,4-8H2,1-3H3,(H,14,15). The summed E-state index contributed by atoms with van der Waals surface area (Å²) in [5.41, 5.74) is 0. The summed E-state index contributed by atoms with van der Waals surface area (Å²) < 4.78 is 10.9. The number of hydrogen-bond acceptors (Lipinski definition) is 4. The summed E-state index contributed by atoms with van der Waals surface area (Å²) >= 11 is 0. The van der Waals surface area contributed by atoms with Gasteiger partial charge in [0.15, 0.2) is 0 Å². The fourth-order valence-electron chi connectivity index (χ4n) is 1.75. The van der Waals surface area contributed by atoms with Gasteiger partial charge in [-0.25, -0.2) is 0 Å². The number of carbonyl (C=O) groups is 1. The Hall–Kier alpha value is -0.650. The predicted octanol–water partition coefficient (Wildman–Crippen LogP) is 0.152. The van der Waals surface area contributed by atoms with Crippen molar-refractivity contribution in [1.29, 1.82) is 0 Å².